The van der Waals surface area contributed by atoms with Crippen LogP contribution in [0, 0.1) is 6.92 Å². The summed E-state index contributed by atoms with van der Waals surface area (Å²) in [5, 5.41) is 2.78. The molecule has 130 valence electrons. The smallest absolute Gasteiger partial charge is 0.410 e. The Hall–Kier alpha value is -2.89. The molecule has 6 heteroatoms. The van der Waals surface area contributed by atoms with Crippen molar-refractivity contribution in [1.29, 1.82) is 0 Å². The Kier molecular flexibility index (Phi) is 5.28. The summed E-state index contributed by atoms with van der Waals surface area (Å²) in [5.74, 6) is 0.266. The minimum absolute atomic E-state index is 0.198. The van der Waals surface area contributed by atoms with Crippen LogP contribution in [0.2, 0.25) is 0 Å². The molecule has 0 aliphatic carbocycles. The highest BCUT2D eigenvalue weighted by Crippen LogP contribution is 2.20. The van der Waals surface area contributed by atoms with Crippen molar-refractivity contribution in [3.63, 3.8) is 0 Å². The quantitative estimate of drug-likeness (QED) is 0.929. The van der Waals surface area contributed by atoms with Gasteiger partial charge in [0.25, 0.3) is 0 Å². The van der Waals surface area contributed by atoms with Crippen LogP contribution in [0.1, 0.15) is 24.1 Å². The number of nitrogens with zero attached hydrogens (tertiary/aromatic N) is 2. The molecule has 0 bridgehead atoms. The molecule has 1 fully saturated rings. The molecule has 2 aromatic rings. The first kappa shape index (κ1) is 17.0. The van der Waals surface area contributed by atoms with Crippen LogP contribution in [-0.2, 0) is 16.1 Å². The number of aromatic nitrogens is 1. The van der Waals surface area contributed by atoms with Gasteiger partial charge in [0.05, 0.1) is 0 Å². The maximum atomic E-state index is 12.5. The molecule has 0 unspecified atom stereocenters. The van der Waals surface area contributed by atoms with Gasteiger partial charge in [0.15, 0.2) is 0 Å². The highest BCUT2D eigenvalue weighted by molar-refractivity contribution is 5.96. The van der Waals surface area contributed by atoms with Crippen molar-refractivity contribution in [3.05, 3.63) is 59.8 Å². The number of pyridine rings is 1. The Balaban J connectivity index is 1.59. The van der Waals surface area contributed by atoms with Crippen molar-refractivity contribution < 1.29 is 14.3 Å². The van der Waals surface area contributed by atoms with Crippen LogP contribution in [0.5, 0.6) is 0 Å². The van der Waals surface area contributed by atoms with Gasteiger partial charge >= 0.3 is 6.09 Å². The zero-order valence-electron chi connectivity index (χ0n) is 14.1. The van der Waals surface area contributed by atoms with Crippen molar-refractivity contribution in [3.8, 4) is 0 Å². The molecule has 0 saturated carbocycles. The number of carbonyl (C=O) groups excluding carboxylic acids is 2. The Morgan fingerprint density at radius 1 is 1.20 bits per heavy atom. The van der Waals surface area contributed by atoms with Gasteiger partial charge in [-0.2, -0.15) is 0 Å². The number of amides is 2. The Labute approximate surface area is 146 Å². The number of benzene rings is 1. The zero-order valence-corrected chi connectivity index (χ0v) is 14.1. The highest BCUT2D eigenvalue weighted by atomic mass is 16.6. The first-order valence-electron chi connectivity index (χ1n) is 8.35. The SMILES string of the molecule is Cc1cccc(NC(=O)[C@@H]2CCCN2C(=O)OCc2ccccc2)n1. The lowest BCUT2D eigenvalue weighted by atomic mass is 10.2. The van der Waals surface area contributed by atoms with E-state index in [1.165, 1.54) is 4.90 Å². The first-order chi connectivity index (χ1) is 12.1. The van der Waals surface area contributed by atoms with Crippen molar-refractivity contribution in [1.82, 2.24) is 9.88 Å². The summed E-state index contributed by atoms with van der Waals surface area (Å²) in [6, 6.07) is 14.4. The lowest BCUT2D eigenvalue weighted by molar-refractivity contribution is -0.120. The molecule has 3 rings (SSSR count). The molecule has 1 aliphatic heterocycles. The average Bonchev–Trinajstić information content (AvgIpc) is 3.10. The summed E-state index contributed by atoms with van der Waals surface area (Å²) in [6.45, 7) is 2.58. The summed E-state index contributed by atoms with van der Waals surface area (Å²) in [6.07, 6.45) is 0.941. The molecule has 1 atom stereocenters. The van der Waals surface area contributed by atoms with E-state index in [0.29, 0.717) is 18.8 Å². The molecule has 1 saturated heterocycles. The molecule has 25 heavy (non-hydrogen) atoms. The largest absolute Gasteiger partial charge is 0.445 e. The lowest BCUT2D eigenvalue weighted by Gasteiger charge is -2.23. The van der Waals surface area contributed by atoms with E-state index in [1.54, 1.807) is 6.07 Å². The van der Waals surface area contributed by atoms with E-state index in [-0.39, 0.29) is 12.5 Å². The predicted octanol–water partition coefficient (Wildman–Crippen LogP) is 3.13. The predicted molar refractivity (Wildman–Crippen MR) is 94.0 cm³/mol. The van der Waals surface area contributed by atoms with Gasteiger partial charge in [0, 0.05) is 12.2 Å². The van der Waals surface area contributed by atoms with Crippen LogP contribution in [0.3, 0.4) is 0 Å². The second-order valence-corrected chi connectivity index (χ2v) is 6.05. The summed E-state index contributed by atoms with van der Waals surface area (Å²) in [5.41, 5.74) is 1.74. The molecule has 1 aliphatic rings. The maximum Gasteiger partial charge on any atom is 0.410 e. The van der Waals surface area contributed by atoms with Gasteiger partial charge in [-0.1, -0.05) is 36.4 Å². The van der Waals surface area contributed by atoms with Crippen molar-refractivity contribution in [2.45, 2.75) is 32.4 Å². The maximum absolute atomic E-state index is 12.5. The van der Waals surface area contributed by atoms with E-state index in [2.05, 4.69) is 10.3 Å². The zero-order chi connectivity index (χ0) is 17.6. The van der Waals surface area contributed by atoms with Crippen LogP contribution in [0.25, 0.3) is 0 Å². The third-order valence-corrected chi connectivity index (χ3v) is 4.13. The Bertz CT molecular complexity index is 749. The van der Waals surface area contributed by atoms with E-state index in [1.807, 2.05) is 49.4 Å². The third-order valence-electron chi connectivity index (χ3n) is 4.13. The second-order valence-electron chi connectivity index (χ2n) is 6.05. The van der Waals surface area contributed by atoms with E-state index in [0.717, 1.165) is 17.7 Å². The number of hydrogen-bond donors (Lipinski definition) is 1. The van der Waals surface area contributed by atoms with Gasteiger partial charge < -0.3 is 10.1 Å². The number of carbonyl (C=O) groups is 2. The fourth-order valence-electron chi connectivity index (χ4n) is 2.88. The standard InChI is InChI=1S/C19H21N3O3/c1-14-7-5-11-17(20-14)21-18(23)16-10-6-12-22(16)19(24)25-13-15-8-3-2-4-9-15/h2-5,7-9,11,16H,6,10,12-13H2,1H3,(H,20,21,23)/t16-/m0/s1. The summed E-state index contributed by atoms with van der Waals surface area (Å²) >= 11 is 0. The highest BCUT2D eigenvalue weighted by Gasteiger charge is 2.35. The van der Waals surface area contributed by atoms with E-state index in [4.69, 9.17) is 4.74 Å². The number of ether oxygens (including phenoxy) is 1. The molecule has 2 heterocycles. The van der Waals surface area contributed by atoms with Crippen LogP contribution < -0.4 is 5.32 Å². The van der Waals surface area contributed by atoms with Crippen LogP contribution in [0.15, 0.2) is 48.5 Å². The van der Waals surface area contributed by atoms with Gasteiger partial charge in [-0.05, 0) is 37.5 Å². The number of likely N-dealkylation sites (tertiary alicyclic amines) is 1. The molecule has 0 radical (unpaired) electrons. The van der Waals surface area contributed by atoms with Gasteiger partial charge in [0.1, 0.15) is 18.5 Å². The fourth-order valence-corrected chi connectivity index (χ4v) is 2.88. The summed E-state index contributed by atoms with van der Waals surface area (Å²) in [4.78, 5) is 30.6. The third kappa shape index (κ3) is 4.35. The molecule has 2 amide bonds. The minimum atomic E-state index is -0.523. The van der Waals surface area contributed by atoms with E-state index in [9.17, 15) is 9.59 Å². The van der Waals surface area contributed by atoms with Crippen molar-refractivity contribution in [2.24, 2.45) is 0 Å². The number of aryl methyl sites for hydroxylation is 1. The lowest BCUT2D eigenvalue weighted by Crippen LogP contribution is -2.43. The number of nitrogens with one attached hydrogen (secondary N) is 1. The fraction of sp³-hybridized carbons (Fsp3) is 0.316. The van der Waals surface area contributed by atoms with Gasteiger partial charge in [-0.15, -0.1) is 0 Å². The van der Waals surface area contributed by atoms with Gasteiger partial charge in [0.2, 0.25) is 5.91 Å². The van der Waals surface area contributed by atoms with Crippen molar-refractivity contribution in [2.75, 3.05) is 11.9 Å². The van der Waals surface area contributed by atoms with Gasteiger partial charge in [-0.3, -0.25) is 9.69 Å². The molecule has 1 aromatic heterocycles. The minimum Gasteiger partial charge on any atom is -0.445 e. The molecule has 0 spiro atoms. The monoisotopic (exact) mass is 339 g/mol. The first-order valence-corrected chi connectivity index (χ1v) is 8.35. The molecule has 1 aromatic carbocycles. The molecule has 1 N–H and O–H groups in total. The van der Waals surface area contributed by atoms with E-state index < -0.39 is 12.1 Å². The molecular formula is C19H21N3O3. The van der Waals surface area contributed by atoms with Crippen LogP contribution in [0.4, 0.5) is 10.6 Å². The molecular weight excluding hydrogens is 318 g/mol. The normalized spacial score (nSPS) is 16.5. The Morgan fingerprint density at radius 2 is 2.00 bits per heavy atom. The van der Waals surface area contributed by atoms with Crippen molar-refractivity contribution >= 4 is 17.8 Å². The topological polar surface area (TPSA) is 71.5 Å². The van der Waals surface area contributed by atoms with Crippen LogP contribution in [-0.4, -0.2) is 34.5 Å². The number of hydrogen-bond acceptors (Lipinski definition) is 4. The molecule has 6 nitrogen and oxygen atoms in total. The Morgan fingerprint density at radius 3 is 2.76 bits per heavy atom. The second kappa shape index (κ2) is 7.79. The number of rotatable bonds is 4. The number of anilines is 1. The average molecular weight is 339 g/mol. The summed E-state index contributed by atoms with van der Waals surface area (Å²) < 4.78 is 5.35. The van der Waals surface area contributed by atoms with E-state index >= 15 is 0 Å². The summed E-state index contributed by atoms with van der Waals surface area (Å²) in [7, 11) is 0. The van der Waals surface area contributed by atoms with Gasteiger partial charge in [-0.25, -0.2) is 9.78 Å². The van der Waals surface area contributed by atoms with Crippen LogP contribution >= 0.6 is 0 Å².